The quantitative estimate of drug-likeness (QED) is 0.102. The molecule has 18 heteroatoms. The van der Waals surface area contributed by atoms with E-state index in [1.165, 1.54) is 0 Å². The molecule has 0 aromatic rings. The van der Waals surface area contributed by atoms with E-state index >= 15 is 0 Å². The number of ether oxygens (including phenoxy) is 3. The molecule has 2 aliphatic heterocycles. The molecule has 0 radical (unpaired) electrons. The zero-order valence-corrected chi connectivity index (χ0v) is 20.9. The molecule has 15 nitrogen and oxygen atoms in total. The summed E-state index contributed by atoms with van der Waals surface area (Å²) < 4.78 is 49.5. The van der Waals surface area contributed by atoms with Gasteiger partial charge in [-0.1, -0.05) is 0 Å². The van der Waals surface area contributed by atoms with Crippen LogP contribution in [0.3, 0.4) is 0 Å². The second-order valence-corrected chi connectivity index (χ2v) is 6.78. The Morgan fingerprint density at radius 2 is 1.30 bits per heavy atom. The maximum absolute atomic E-state index is 10.00. The van der Waals surface area contributed by atoms with E-state index in [2.05, 4.69) is 0 Å². The second kappa shape index (κ2) is 14.0. The summed E-state index contributed by atoms with van der Waals surface area (Å²) in [7, 11) is -5.17. The van der Waals surface area contributed by atoms with Crippen molar-refractivity contribution >= 4 is 10.4 Å². The van der Waals surface area contributed by atoms with Crippen LogP contribution in [0.15, 0.2) is 0 Å². The topological polar surface area (TPSA) is 270 Å². The first-order valence-electron chi connectivity index (χ1n) is 7.72. The summed E-state index contributed by atoms with van der Waals surface area (Å²) in [5.41, 5.74) is 0. The molecule has 2 heterocycles. The Balaban J connectivity index is 0. The Bertz CT molecular complexity index is 586. The third-order valence-electron chi connectivity index (χ3n) is 4.07. The summed E-state index contributed by atoms with van der Waals surface area (Å²) in [4.78, 5) is 0. The molecule has 0 unspecified atom stereocenters. The fourth-order valence-corrected chi connectivity index (χ4v) is 2.63. The summed E-state index contributed by atoms with van der Waals surface area (Å²) in [5.74, 6) is -2.22. The molecule has 2 saturated heterocycles. The van der Waals surface area contributed by atoms with Gasteiger partial charge in [0.2, 0.25) is 5.79 Å². The average molecular weight is 484 g/mol. The van der Waals surface area contributed by atoms with Gasteiger partial charge >= 0.3 is 59.1 Å². The molecule has 0 bridgehead atoms. The maximum Gasteiger partial charge on any atom is 1.00 e. The van der Waals surface area contributed by atoms with E-state index in [-0.39, 0.29) is 59.1 Å². The van der Waals surface area contributed by atoms with Gasteiger partial charge in [0.1, 0.15) is 49.3 Å². The molecule has 2 rings (SSSR count). The Labute approximate surface area is 215 Å². The van der Waals surface area contributed by atoms with E-state index in [4.69, 9.17) is 41.9 Å². The van der Waals surface area contributed by atoms with Crippen LogP contribution in [0.1, 0.15) is 0 Å². The molecule has 168 valence electrons. The molecular formula is C12H22Na2O15S. The number of aliphatic hydroxyl groups excluding tert-OH is 8. The van der Waals surface area contributed by atoms with Crippen LogP contribution in [-0.4, -0.2) is 133 Å². The van der Waals surface area contributed by atoms with Crippen LogP contribution in [0.4, 0.5) is 0 Å². The van der Waals surface area contributed by atoms with Crippen molar-refractivity contribution in [2.75, 3.05) is 19.8 Å². The standard InChI is InChI=1S/C12H22O11.2Na.H2O4S/c13-1-4-6(16)8(18)9(19)11(21-4)23-12(3-15)10(20)7(17)5(2-14)22-12;;;1-5(2,3)4/h4-11,13-20H,1-3H2;;;(H2,1,2,3,4)/q;2*+1;/p-2/t4-,5-,6-,7-,8+,9-,10+,11-,12+;;;/m1.../s1. The normalized spacial score (nSPS) is 41.1. The first-order chi connectivity index (χ1) is 12.8. The van der Waals surface area contributed by atoms with E-state index in [0.717, 1.165) is 0 Å². The monoisotopic (exact) mass is 484 g/mol. The number of rotatable bonds is 5. The van der Waals surface area contributed by atoms with Crippen LogP contribution in [0.5, 0.6) is 0 Å². The SMILES string of the molecule is O=S(=O)([O-])[O-].OC[C@H]1O[C@@](CO)(O[C@H]2O[C@H](CO)[C@@H](O)[C@H](O)[C@H]2O)[C@@H](O)[C@@H]1O.[Na+].[Na+]. The van der Waals surface area contributed by atoms with E-state index in [0.29, 0.717) is 0 Å². The summed E-state index contributed by atoms with van der Waals surface area (Å²) in [6.07, 6.45) is -12.7. The first kappa shape index (κ1) is 33.6. The van der Waals surface area contributed by atoms with Crippen molar-refractivity contribution in [1.82, 2.24) is 0 Å². The van der Waals surface area contributed by atoms with Crippen molar-refractivity contribution in [2.24, 2.45) is 0 Å². The van der Waals surface area contributed by atoms with Gasteiger partial charge in [-0.15, -0.1) is 0 Å². The number of hydrogen-bond donors (Lipinski definition) is 8. The maximum atomic E-state index is 10.00. The van der Waals surface area contributed by atoms with Crippen LogP contribution in [0.25, 0.3) is 0 Å². The van der Waals surface area contributed by atoms with Gasteiger partial charge in [-0.2, -0.15) is 0 Å². The van der Waals surface area contributed by atoms with Crippen molar-refractivity contribution in [2.45, 2.75) is 54.8 Å². The van der Waals surface area contributed by atoms with Gasteiger partial charge < -0.3 is 64.2 Å². The number of hydrogen-bond acceptors (Lipinski definition) is 15. The van der Waals surface area contributed by atoms with Gasteiger partial charge in [0.25, 0.3) is 0 Å². The van der Waals surface area contributed by atoms with Gasteiger partial charge in [0.15, 0.2) is 6.29 Å². The van der Waals surface area contributed by atoms with Crippen LogP contribution < -0.4 is 59.1 Å². The van der Waals surface area contributed by atoms with Crippen molar-refractivity contribution in [1.29, 1.82) is 0 Å². The van der Waals surface area contributed by atoms with Crippen LogP contribution >= 0.6 is 0 Å². The minimum absolute atomic E-state index is 0. The average Bonchev–Trinajstić information content (AvgIpc) is 2.86. The van der Waals surface area contributed by atoms with Gasteiger partial charge in [-0.25, -0.2) is 0 Å². The van der Waals surface area contributed by atoms with E-state index in [1.807, 2.05) is 0 Å². The summed E-state index contributed by atoms with van der Waals surface area (Å²) >= 11 is 0. The van der Waals surface area contributed by atoms with E-state index < -0.39 is 85.0 Å². The summed E-state index contributed by atoms with van der Waals surface area (Å²) in [6.45, 7) is -2.32. The Morgan fingerprint density at radius 1 is 0.833 bits per heavy atom. The fourth-order valence-electron chi connectivity index (χ4n) is 2.63. The molecule has 0 aromatic heterocycles. The number of aliphatic hydroxyl groups is 8. The summed E-state index contributed by atoms with van der Waals surface area (Å²) in [5, 5.41) is 76.7. The third-order valence-corrected chi connectivity index (χ3v) is 4.07. The zero-order valence-electron chi connectivity index (χ0n) is 16.1. The zero-order chi connectivity index (χ0) is 21.9. The predicted octanol–water partition coefficient (Wildman–Crippen LogP) is -12.7. The van der Waals surface area contributed by atoms with E-state index in [9.17, 15) is 30.6 Å². The van der Waals surface area contributed by atoms with Gasteiger partial charge in [-0.3, -0.25) is 8.42 Å². The van der Waals surface area contributed by atoms with Crippen LogP contribution in [0, 0.1) is 0 Å². The molecule has 2 aliphatic rings. The van der Waals surface area contributed by atoms with Crippen molar-refractivity contribution in [3.8, 4) is 0 Å². The van der Waals surface area contributed by atoms with Crippen LogP contribution in [0.2, 0.25) is 0 Å². The van der Waals surface area contributed by atoms with Gasteiger partial charge in [-0.05, 0) is 0 Å². The molecule has 30 heavy (non-hydrogen) atoms. The smallest absolute Gasteiger partial charge is 0.759 e. The van der Waals surface area contributed by atoms with E-state index in [1.54, 1.807) is 0 Å². The molecule has 8 N–H and O–H groups in total. The predicted molar refractivity (Wildman–Crippen MR) is 79.1 cm³/mol. The molecule has 0 saturated carbocycles. The van der Waals surface area contributed by atoms with Crippen LogP contribution in [-0.2, 0) is 24.6 Å². The molecule has 0 amide bonds. The Morgan fingerprint density at radius 3 is 1.67 bits per heavy atom. The molecular weight excluding hydrogens is 462 g/mol. The van der Waals surface area contributed by atoms with Crippen molar-refractivity contribution in [3.05, 3.63) is 0 Å². The summed E-state index contributed by atoms with van der Waals surface area (Å²) in [6, 6.07) is 0. The second-order valence-electron chi connectivity index (χ2n) is 5.97. The molecule has 0 aromatic carbocycles. The molecule has 0 aliphatic carbocycles. The molecule has 2 fully saturated rings. The van der Waals surface area contributed by atoms with Gasteiger partial charge in [0, 0.05) is 10.4 Å². The minimum Gasteiger partial charge on any atom is -0.759 e. The molecule has 9 atom stereocenters. The van der Waals surface area contributed by atoms with Crippen molar-refractivity contribution in [3.63, 3.8) is 0 Å². The largest absolute Gasteiger partial charge is 1.00 e. The fraction of sp³-hybridized carbons (Fsp3) is 1.00. The molecule has 0 spiro atoms. The Hall–Kier alpha value is 1.43. The minimum atomic E-state index is -5.17. The van der Waals surface area contributed by atoms with Crippen molar-refractivity contribution < 1.29 is 132 Å². The Kier molecular flexibility index (Phi) is 15.7. The van der Waals surface area contributed by atoms with Gasteiger partial charge in [0.05, 0.1) is 13.2 Å². The third kappa shape index (κ3) is 8.65. The first-order valence-corrected chi connectivity index (χ1v) is 9.05.